The highest BCUT2D eigenvalue weighted by Crippen LogP contribution is 2.29. The van der Waals surface area contributed by atoms with E-state index in [-0.39, 0.29) is 16.5 Å². The van der Waals surface area contributed by atoms with Crippen LogP contribution in [0.3, 0.4) is 0 Å². The van der Waals surface area contributed by atoms with E-state index in [1.165, 1.54) is 37.3 Å². The molecule has 0 aromatic heterocycles. The van der Waals surface area contributed by atoms with Crippen LogP contribution >= 0.6 is 34.8 Å². The number of carbonyl (C=O) groups excluding carboxylic acids is 1. The fourth-order valence-electron chi connectivity index (χ4n) is 1.81. The minimum absolute atomic E-state index is 0.0367. The molecule has 126 valence electrons. The molecule has 0 aliphatic carbocycles. The molecule has 6 nitrogen and oxygen atoms in total. The van der Waals surface area contributed by atoms with Crippen molar-refractivity contribution < 1.29 is 14.5 Å². The second-order valence-electron chi connectivity index (χ2n) is 4.78. The zero-order chi connectivity index (χ0) is 17.9. The highest BCUT2D eigenvalue weighted by molar-refractivity contribution is 6.35. The van der Waals surface area contributed by atoms with Crippen molar-refractivity contribution in [2.75, 3.05) is 5.32 Å². The van der Waals surface area contributed by atoms with Crippen LogP contribution in [-0.4, -0.2) is 16.9 Å². The Hall–Kier alpha value is -2.02. The summed E-state index contributed by atoms with van der Waals surface area (Å²) >= 11 is 17.7. The number of nitrogens with one attached hydrogen (secondary N) is 1. The van der Waals surface area contributed by atoms with Crippen LogP contribution in [-0.2, 0) is 4.79 Å². The number of anilines is 1. The number of ether oxygens (including phenoxy) is 1. The van der Waals surface area contributed by atoms with Gasteiger partial charge in [-0.3, -0.25) is 14.9 Å². The third-order valence-electron chi connectivity index (χ3n) is 2.93. The summed E-state index contributed by atoms with van der Waals surface area (Å²) in [7, 11) is 0. The highest BCUT2D eigenvalue weighted by atomic mass is 35.5. The first kappa shape index (κ1) is 18.3. The van der Waals surface area contributed by atoms with Gasteiger partial charge < -0.3 is 10.1 Å². The molecule has 0 heterocycles. The summed E-state index contributed by atoms with van der Waals surface area (Å²) in [4.78, 5) is 22.3. The number of nitro benzene ring substituents is 1. The van der Waals surface area contributed by atoms with E-state index >= 15 is 0 Å². The Balaban J connectivity index is 2.07. The molecule has 0 saturated carbocycles. The predicted octanol–water partition coefficient (Wildman–Crippen LogP) is 4.96. The van der Waals surface area contributed by atoms with Gasteiger partial charge >= 0.3 is 0 Å². The molecule has 0 spiro atoms. The molecule has 0 aliphatic rings. The normalized spacial score (nSPS) is 11.7. The minimum atomic E-state index is -0.901. The molecule has 24 heavy (non-hydrogen) atoms. The first-order valence-electron chi connectivity index (χ1n) is 6.64. The summed E-state index contributed by atoms with van der Waals surface area (Å²) in [6, 6.07) is 8.34. The highest BCUT2D eigenvalue weighted by Gasteiger charge is 2.18. The molecule has 1 atom stereocenters. The maximum atomic E-state index is 12.2. The largest absolute Gasteiger partial charge is 0.479 e. The Morgan fingerprint density at radius 2 is 1.79 bits per heavy atom. The van der Waals surface area contributed by atoms with Crippen LogP contribution in [0.5, 0.6) is 5.75 Å². The van der Waals surface area contributed by atoms with Crippen molar-refractivity contribution in [3.05, 3.63) is 61.6 Å². The van der Waals surface area contributed by atoms with E-state index in [0.29, 0.717) is 15.7 Å². The monoisotopic (exact) mass is 388 g/mol. The van der Waals surface area contributed by atoms with Crippen LogP contribution in [0.15, 0.2) is 36.4 Å². The molecule has 2 aromatic carbocycles. The predicted molar refractivity (Wildman–Crippen MR) is 93.3 cm³/mol. The second-order valence-corrected chi connectivity index (χ2v) is 6.06. The van der Waals surface area contributed by atoms with Gasteiger partial charge in [0.2, 0.25) is 0 Å². The number of nitro groups is 1. The first-order valence-corrected chi connectivity index (χ1v) is 7.77. The van der Waals surface area contributed by atoms with E-state index in [4.69, 9.17) is 39.5 Å². The van der Waals surface area contributed by atoms with Gasteiger partial charge in [0.05, 0.1) is 9.95 Å². The number of hydrogen-bond donors (Lipinski definition) is 1. The lowest BCUT2D eigenvalue weighted by atomic mass is 10.2. The number of carbonyl (C=O) groups is 1. The fraction of sp³-hybridized carbons (Fsp3) is 0.133. The molecule has 0 aliphatic heterocycles. The Kier molecular flexibility index (Phi) is 5.88. The number of rotatable bonds is 5. The van der Waals surface area contributed by atoms with Gasteiger partial charge in [-0.15, -0.1) is 0 Å². The van der Waals surface area contributed by atoms with Gasteiger partial charge in [0, 0.05) is 27.9 Å². The van der Waals surface area contributed by atoms with Crippen molar-refractivity contribution in [3.8, 4) is 5.75 Å². The number of nitrogens with zero attached hydrogens (tertiary/aromatic N) is 1. The number of benzene rings is 2. The number of amides is 1. The summed E-state index contributed by atoms with van der Waals surface area (Å²) in [6.07, 6.45) is -0.901. The average molecular weight is 390 g/mol. The number of non-ortho nitro benzene ring substituents is 1. The lowest BCUT2D eigenvalue weighted by Crippen LogP contribution is -2.30. The lowest BCUT2D eigenvalue weighted by molar-refractivity contribution is -0.384. The molecule has 0 bridgehead atoms. The summed E-state index contributed by atoms with van der Waals surface area (Å²) in [6.45, 7) is 1.51. The van der Waals surface area contributed by atoms with Gasteiger partial charge in [0.25, 0.3) is 11.6 Å². The fourth-order valence-corrected chi connectivity index (χ4v) is 2.56. The van der Waals surface area contributed by atoms with Crippen LogP contribution in [0.1, 0.15) is 6.92 Å². The third kappa shape index (κ3) is 4.74. The van der Waals surface area contributed by atoms with E-state index in [1.54, 1.807) is 0 Å². The van der Waals surface area contributed by atoms with Gasteiger partial charge in [0.15, 0.2) is 6.10 Å². The maximum absolute atomic E-state index is 12.2. The van der Waals surface area contributed by atoms with Crippen LogP contribution in [0.4, 0.5) is 11.4 Å². The molecule has 1 amide bonds. The van der Waals surface area contributed by atoms with Gasteiger partial charge in [0.1, 0.15) is 5.75 Å². The van der Waals surface area contributed by atoms with Crippen molar-refractivity contribution >= 4 is 52.1 Å². The van der Waals surface area contributed by atoms with Crippen LogP contribution in [0.25, 0.3) is 0 Å². The standard InChI is InChI=1S/C15H11Cl3N2O4/c1-8(15(21)19-11-5-9(16)4-10(17)6-11)24-14-3-2-12(20(22)23)7-13(14)18/h2-8H,1H3,(H,19,21)/t8-/m0/s1. The summed E-state index contributed by atoms with van der Waals surface area (Å²) in [5, 5.41) is 14.1. The third-order valence-corrected chi connectivity index (χ3v) is 3.66. The van der Waals surface area contributed by atoms with Crippen LogP contribution in [0.2, 0.25) is 15.1 Å². The summed E-state index contributed by atoms with van der Waals surface area (Å²) in [5.74, 6) is -0.295. The maximum Gasteiger partial charge on any atom is 0.271 e. The zero-order valence-electron chi connectivity index (χ0n) is 12.3. The molecule has 0 fully saturated rings. The van der Waals surface area contributed by atoms with Crippen LogP contribution in [0, 0.1) is 10.1 Å². The van der Waals surface area contributed by atoms with Crippen molar-refractivity contribution in [1.82, 2.24) is 0 Å². The molecule has 0 saturated heterocycles. The quantitative estimate of drug-likeness (QED) is 0.579. The zero-order valence-corrected chi connectivity index (χ0v) is 14.5. The average Bonchev–Trinajstić information content (AvgIpc) is 2.47. The molecule has 2 rings (SSSR count). The molecular weight excluding hydrogens is 379 g/mol. The Morgan fingerprint density at radius 3 is 2.33 bits per heavy atom. The topological polar surface area (TPSA) is 81.5 Å². The van der Waals surface area contributed by atoms with Crippen molar-refractivity contribution in [3.63, 3.8) is 0 Å². The van der Waals surface area contributed by atoms with Crippen LogP contribution < -0.4 is 10.1 Å². The molecule has 0 unspecified atom stereocenters. The lowest BCUT2D eigenvalue weighted by Gasteiger charge is -2.15. The number of halogens is 3. The number of hydrogen-bond acceptors (Lipinski definition) is 4. The summed E-state index contributed by atoms with van der Waals surface area (Å²) in [5.41, 5.74) is 0.251. The molecule has 2 aromatic rings. The Labute approximate surface area is 152 Å². The second kappa shape index (κ2) is 7.70. The van der Waals surface area contributed by atoms with E-state index in [1.807, 2.05) is 0 Å². The summed E-state index contributed by atoms with van der Waals surface area (Å²) < 4.78 is 5.44. The minimum Gasteiger partial charge on any atom is -0.479 e. The smallest absolute Gasteiger partial charge is 0.271 e. The first-order chi connectivity index (χ1) is 11.3. The van der Waals surface area contributed by atoms with E-state index in [9.17, 15) is 14.9 Å². The van der Waals surface area contributed by atoms with Gasteiger partial charge in [-0.2, -0.15) is 0 Å². The van der Waals surface area contributed by atoms with Crippen molar-refractivity contribution in [2.24, 2.45) is 0 Å². The molecular formula is C15H11Cl3N2O4. The van der Waals surface area contributed by atoms with Crippen molar-refractivity contribution in [2.45, 2.75) is 13.0 Å². The van der Waals surface area contributed by atoms with Crippen molar-refractivity contribution in [1.29, 1.82) is 0 Å². The van der Waals surface area contributed by atoms with E-state index in [0.717, 1.165) is 6.07 Å². The Morgan fingerprint density at radius 1 is 1.17 bits per heavy atom. The van der Waals surface area contributed by atoms with Gasteiger partial charge in [-0.25, -0.2) is 0 Å². The van der Waals surface area contributed by atoms with E-state index < -0.39 is 16.9 Å². The van der Waals surface area contributed by atoms with E-state index in [2.05, 4.69) is 5.32 Å². The Bertz CT molecular complexity index is 778. The molecule has 1 N–H and O–H groups in total. The molecule has 0 radical (unpaired) electrons. The SMILES string of the molecule is C[C@H](Oc1ccc([N+](=O)[O-])cc1Cl)C(=O)Nc1cc(Cl)cc(Cl)c1. The molecule has 9 heteroatoms. The van der Waals surface area contributed by atoms with Gasteiger partial charge in [-0.05, 0) is 31.2 Å². The van der Waals surface area contributed by atoms with Gasteiger partial charge in [-0.1, -0.05) is 34.8 Å².